The molecule has 0 heterocycles. The van der Waals surface area contributed by atoms with Crippen LogP contribution in [0.4, 0.5) is 5.69 Å². The van der Waals surface area contributed by atoms with Crippen LogP contribution in [0.1, 0.15) is 10.4 Å². The van der Waals surface area contributed by atoms with Gasteiger partial charge in [0.05, 0.1) is 5.56 Å². The van der Waals surface area contributed by atoms with Crippen LogP contribution in [0, 0.1) is 0 Å². The molecule has 0 bridgehead atoms. The molecule has 0 aliphatic rings. The zero-order valence-corrected chi connectivity index (χ0v) is 10.1. The molecule has 2 rings (SSSR count). The normalized spacial score (nSPS) is 10.2. The van der Waals surface area contributed by atoms with Gasteiger partial charge in [-0.2, -0.15) is 0 Å². The largest absolute Gasteiger partial charge is 0.377 e. The molecule has 0 N–H and O–H groups in total. The van der Waals surface area contributed by atoms with Crippen molar-refractivity contribution in [2.45, 2.75) is 0 Å². The van der Waals surface area contributed by atoms with Crippen LogP contribution >= 0.6 is 0 Å². The van der Waals surface area contributed by atoms with Gasteiger partial charge in [-0.15, -0.1) is 0 Å². The average Bonchev–Trinajstić information content (AvgIpc) is 2.36. The molecule has 2 heteroatoms. The van der Waals surface area contributed by atoms with Gasteiger partial charge in [0.1, 0.15) is 0 Å². The van der Waals surface area contributed by atoms with Gasteiger partial charge in [-0.3, -0.25) is 4.79 Å². The predicted octanol–water partition coefficient (Wildman–Crippen LogP) is 3.27. The first-order valence-corrected chi connectivity index (χ1v) is 5.51. The van der Waals surface area contributed by atoms with Crippen LogP contribution in [0.25, 0.3) is 10.8 Å². The van der Waals surface area contributed by atoms with Crippen molar-refractivity contribution in [3.63, 3.8) is 0 Å². The summed E-state index contributed by atoms with van der Waals surface area (Å²) >= 11 is 0. The van der Waals surface area contributed by atoms with E-state index in [-0.39, 0.29) is 5.78 Å². The smallest absolute Gasteiger partial charge is 0.187 e. The standard InChI is InChI=1S/C15H15NO/c1-4-14(17)15-12-8-6-5-7-11(12)9-10-13(15)16(2)3/h4-10H,1H2,2-3H3. The molecule has 0 amide bonds. The van der Waals surface area contributed by atoms with Crippen LogP contribution in [0.2, 0.25) is 0 Å². The molecule has 2 aromatic carbocycles. The number of anilines is 1. The van der Waals surface area contributed by atoms with Gasteiger partial charge in [-0.05, 0) is 22.9 Å². The van der Waals surface area contributed by atoms with E-state index in [1.165, 1.54) is 6.08 Å². The lowest BCUT2D eigenvalue weighted by Gasteiger charge is -2.17. The fourth-order valence-corrected chi connectivity index (χ4v) is 1.99. The Labute approximate surface area is 101 Å². The molecule has 0 fully saturated rings. The van der Waals surface area contributed by atoms with Crippen LogP contribution in [-0.4, -0.2) is 19.9 Å². The molecule has 0 unspecified atom stereocenters. The Balaban J connectivity index is 2.84. The van der Waals surface area contributed by atoms with Gasteiger partial charge >= 0.3 is 0 Å². The first-order valence-electron chi connectivity index (χ1n) is 5.51. The van der Waals surface area contributed by atoms with Crippen molar-refractivity contribution in [3.05, 3.63) is 54.6 Å². The Hall–Kier alpha value is -2.09. The fraction of sp³-hybridized carbons (Fsp3) is 0.133. The summed E-state index contributed by atoms with van der Waals surface area (Å²) in [6, 6.07) is 11.9. The molecule has 2 aromatic rings. The second-order valence-electron chi connectivity index (χ2n) is 4.14. The summed E-state index contributed by atoms with van der Waals surface area (Å²) in [5.74, 6) is -0.0366. The van der Waals surface area contributed by atoms with Crippen molar-refractivity contribution >= 4 is 22.2 Å². The number of hydrogen-bond acceptors (Lipinski definition) is 2. The minimum Gasteiger partial charge on any atom is -0.377 e. The summed E-state index contributed by atoms with van der Waals surface area (Å²) in [5, 5.41) is 2.05. The lowest BCUT2D eigenvalue weighted by Crippen LogP contribution is -2.13. The van der Waals surface area contributed by atoms with Crippen molar-refractivity contribution in [3.8, 4) is 0 Å². The van der Waals surface area contributed by atoms with Gasteiger partial charge in [0.2, 0.25) is 0 Å². The summed E-state index contributed by atoms with van der Waals surface area (Å²) in [6.45, 7) is 3.58. The van der Waals surface area contributed by atoms with E-state index in [4.69, 9.17) is 0 Å². The highest BCUT2D eigenvalue weighted by molar-refractivity contribution is 6.17. The number of allylic oxidation sites excluding steroid dienone is 1. The van der Waals surface area contributed by atoms with Gasteiger partial charge < -0.3 is 4.90 Å². The number of carbonyl (C=O) groups is 1. The quantitative estimate of drug-likeness (QED) is 0.590. The van der Waals surface area contributed by atoms with E-state index in [1.807, 2.05) is 55.4 Å². The number of fused-ring (bicyclic) bond motifs is 1. The Kier molecular flexibility index (Phi) is 2.96. The molecule has 17 heavy (non-hydrogen) atoms. The minimum absolute atomic E-state index is 0.0366. The second kappa shape index (κ2) is 4.42. The zero-order chi connectivity index (χ0) is 12.4. The summed E-state index contributed by atoms with van der Waals surface area (Å²) in [7, 11) is 3.87. The first kappa shape index (κ1) is 11.4. The third-order valence-corrected chi connectivity index (χ3v) is 2.82. The molecule has 0 aliphatic heterocycles. The van der Waals surface area contributed by atoms with E-state index in [0.29, 0.717) is 0 Å². The zero-order valence-electron chi connectivity index (χ0n) is 10.1. The number of ketones is 1. The minimum atomic E-state index is -0.0366. The summed E-state index contributed by atoms with van der Waals surface area (Å²) in [5.41, 5.74) is 1.65. The van der Waals surface area contributed by atoms with Crippen LogP contribution in [0.3, 0.4) is 0 Å². The van der Waals surface area contributed by atoms with Crippen molar-refractivity contribution in [1.82, 2.24) is 0 Å². The maximum absolute atomic E-state index is 12.0. The third kappa shape index (κ3) is 1.94. The first-order chi connectivity index (χ1) is 8.15. The molecule has 0 saturated heterocycles. The SMILES string of the molecule is C=CC(=O)c1c(N(C)C)ccc2ccccc12. The third-order valence-electron chi connectivity index (χ3n) is 2.82. The van der Waals surface area contributed by atoms with Crippen molar-refractivity contribution in [1.29, 1.82) is 0 Å². The van der Waals surface area contributed by atoms with E-state index in [1.54, 1.807) is 0 Å². The van der Waals surface area contributed by atoms with Crippen LogP contribution in [0.15, 0.2) is 49.1 Å². The van der Waals surface area contributed by atoms with E-state index < -0.39 is 0 Å². The molecule has 0 aromatic heterocycles. The van der Waals surface area contributed by atoms with Crippen molar-refractivity contribution in [2.24, 2.45) is 0 Å². The Bertz CT molecular complexity index is 584. The molecule has 0 saturated carbocycles. The highest BCUT2D eigenvalue weighted by Gasteiger charge is 2.13. The van der Waals surface area contributed by atoms with E-state index in [2.05, 4.69) is 6.58 Å². The predicted molar refractivity (Wildman–Crippen MR) is 72.8 cm³/mol. The monoisotopic (exact) mass is 225 g/mol. The molecule has 2 nitrogen and oxygen atoms in total. The van der Waals surface area contributed by atoms with Gasteiger partial charge in [-0.1, -0.05) is 36.9 Å². The molecular formula is C15H15NO. The number of rotatable bonds is 3. The molecular weight excluding hydrogens is 210 g/mol. The highest BCUT2D eigenvalue weighted by atomic mass is 16.1. The Morgan fingerprint density at radius 1 is 1.18 bits per heavy atom. The topological polar surface area (TPSA) is 20.3 Å². The molecule has 86 valence electrons. The molecule has 0 spiro atoms. The lowest BCUT2D eigenvalue weighted by atomic mass is 9.99. The summed E-state index contributed by atoms with van der Waals surface area (Å²) in [6.07, 6.45) is 1.37. The van der Waals surface area contributed by atoms with E-state index >= 15 is 0 Å². The molecule has 0 atom stereocenters. The molecule has 0 aliphatic carbocycles. The van der Waals surface area contributed by atoms with Crippen LogP contribution < -0.4 is 4.90 Å². The number of benzene rings is 2. The fourth-order valence-electron chi connectivity index (χ4n) is 1.99. The van der Waals surface area contributed by atoms with E-state index in [0.717, 1.165) is 22.0 Å². The van der Waals surface area contributed by atoms with E-state index in [9.17, 15) is 4.79 Å². The van der Waals surface area contributed by atoms with Crippen LogP contribution in [0.5, 0.6) is 0 Å². The maximum atomic E-state index is 12.0. The van der Waals surface area contributed by atoms with Crippen LogP contribution in [-0.2, 0) is 0 Å². The average molecular weight is 225 g/mol. The van der Waals surface area contributed by atoms with Gasteiger partial charge in [0, 0.05) is 19.8 Å². The highest BCUT2D eigenvalue weighted by Crippen LogP contribution is 2.28. The summed E-state index contributed by atoms with van der Waals surface area (Å²) in [4.78, 5) is 14.0. The Morgan fingerprint density at radius 2 is 1.88 bits per heavy atom. The van der Waals surface area contributed by atoms with Crippen molar-refractivity contribution < 1.29 is 4.79 Å². The second-order valence-corrected chi connectivity index (χ2v) is 4.14. The number of hydrogen-bond donors (Lipinski definition) is 0. The van der Waals surface area contributed by atoms with Gasteiger partial charge in [-0.25, -0.2) is 0 Å². The lowest BCUT2D eigenvalue weighted by molar-refractivity contribution is 0.104. The van der Waals surface area contributed by atoms with Crippen molar-refractivity contribution in [2.75, 3.05) is 19.0 Å². The van der Waals surface area contributed by atoms with Gasteiger partial charge in [0.15, 0.2) is 5.78 Å². The maximum Gasteiger partial charge on any atom is 0.187 e. The molecule has 0 radical (unpaired) electrons. The summed E-state index contributed by atoms with van der Waals surface area (Å²) < 4.78 is 0. The van der Waals surface area contributed by atoms with Gasteiger partial charge in [0.25, 0.3) is 0 Å². The number of carbonyl (C=O) groups excluding carboxylic acids is 1. The Morgan fingerprint density at radius 3 is 2.53 bits per heavy atom. The number of nitrogens with zero attached hydrogens (tertiary/aromatic N) is 1.